The molecule has 1 aliphatic carbocycles. The molecule has 0 heteroatoms. The molecule has 1 aliphatic rings. The third-order valence-corrected chi connectivity index (χ3v) is 3.56. The van der Waals surface area contributed by atoms with Gasteiger partial charge < -0.3 is 0 Å². The fraction of sp³-hybridized carbons (Fsp3) is 0.571. The van der Waals surface area contributed by atoms with Gasteiger partial charge in [0.05, 0.1) is 0 Å². The van der Waals surface area contributed by atoms with E-state index in [1.807, 2.05) is 0 Å². The number of rotatable bonds is 4. The van der Waals surface area contributed by atoms with E-state index in [2.05, 4.69) is 38.1 Å². The van der Waals surface area contributed by atoms with Gasteiger partial charge in [0, 0.05) is 0 Å². The highest BCUT2D eigenvalue weighted by Gasteiger charge is 2.42. The van der Waals surface area contributed by atoms with Crippen molar-refractivity contribution in [3.63, 3.8) is 0 Å². The topological polar surface area (TPSA) is 0 Å². The number of benzene rings is 1. The zero-order valence-electron chi connectivity index (χ0n) is 9.34. The van der Waals surface area contributed by atoms with E-state index in [4.69, 9.17) is 0 Å². The van der Waals surface area contributed by atoms with Crippen LogP contribution in [0.4, 0.5) is 0 Å². The summed E-state index contributed by atoms with van der Waals surface area (Å²) in [4.78, 5) is 0. The van der Waals surface area contributed by atoms with Gasteiger partial charge in [-0.3, -0.25) is 0 Å². The van der Waals surface area contributed by atoms with Gasteiger partial charge in [-0.1, -0.05) is 44.5 Å². The number of hydrogen-bond acceptors (Lipinski definition) is 0. The highest BCUT2D eigenvalue weighted by atomic mass is 14.5. The Morgan fingerprint density at radius 1 is 1.07 bits per heavy atom. The number of hydrogen-bond donors (Lipinski definition) is 0. The summed E-state index contributed by atoms with van der Waals surface area (Å²) in [5, 5.41) is 0. The quantitative estimate of drug-likeness (QED) is 0.668. The van der Waals surface area contributed by atoms with Crippen molar-refractivity contribution in [3.8, 4) is 0 Å². The average molecular weight is 188 g/mol. The van der Waals surface area contributed by atoms with Crippen molar-refractivity contribution in [1.82, 2.24) is 0 Å². The van der Waals surface area contributed by atoms with Gasteiger partial charge >= 0.3 is 0 Å². The minimum Gasteiger partial charge on any atom is -0.0654 e. The lowest BCUT2D eigenvalue weighted by atomic mass is 9.90. The fourth-order valence-corrected chi connectivity index (χ4v) is 2.41. The maximum absolute atomic E-state index is 2.35. The fourth-order valence-electron chi connectivity index (χ4n) is 2.41. The van der Waals surface area contributed by atoms with E-state index >= 15 is 0 Å². The Kier molecular flexibility index (Phi) is 2.62. The van der Waals surface area contributed by atoms with Crippen LogP contribution in [-0.4, -0.2) is 0 Å². The smallest absolute Gasteiger partial charge is 0.00464 e. The van der Waals surface area contributed by atoms with Crippen molar-refractivity contribution < 1.29 is 0 Å². The molecule has 0 aromatic heterocycles. The van der Waals surface area contributed by atoms with Crippen molar-refractivity contribution in [3.05, 3.63) is 35.4 Å². The highest BCUT2D eigenvalue weighted by molar-refractivity contribution is 5.33. The summed E-state index contributed by atoms with van der Waals surface area (Å²) in [5.41, 5.74) is 3.62. The molecule has 1 aromatic carbocycles. The van der Waals surface area contributed by atoms with Crippen molar-refractivity contribution in [2.75, 3.05) is 0 Å². The van der Waals surface area contributed by atoms with E-state index in [0.717, 1.165) is 6.42 Å². The van der Waals surface area contributed by atoms with Crippen LogP contribution in [0, 0.1) is 0 Å². The minimum atomic E-state index is 0.584. The largest absolute Gasteiger partial charge is 0.0654 e. The van der Waals surface area contributed by atoms with Crippen LogP contribution < -0.4 is 0 Å². The molecule has 2 rings (SSSR count). The molecular formula is C14H20. The first kappa shape index (κ1) is 9.76. The van der Waals surface area contributed by atoms with Crippen LogP contribution in [0.25, 0.3) is 0 Å². The maximum atomic E-state index is 2.35. The Labute approximate surface area is 87.3 Å². The molecule has 1 saturated carbocycles. The monoisotopic (exact) mass is 188 g/mol. The van der Waals surface area contributed by atoms with Gasteiger partial charge in [-0.2, -0.15) is 0 Å². The van der Waals surface area contributed by atoms with Crippen LogP contribution in [-0.2, 0) is 11.8 Å². The minimum absolute atomic E-state index is 0.584. The van der Waals surface area contributed by atoms with Gasteiger partial charge in [0.15, 0.2) is 0 Å². The normalized spacial score (nSPS) is 18.1. The molecule has 0 aliphatic heterocycles. The lowest BCUT2D eigenvalue weighted by Gasteiger charge is -2.14. The van der Waals surface area contributed by atoms with Crippen LogP contribution >= 0.6 is 0 Å². The molecule has 0 nitrogen and oxygen atoms in total. The summed E-state index contributed by atoms with van der Waals surface area (Å²) in [7, 11) is 0. The SMILES string of the molecule is CCCC1(c2ccc(CC)cc2)CC1. The summed E-state index contributed by atoms with van der Waals surface area (Å²) in [6.45, 7) is 4.51. The van der Waals surface area contributed by atoms with E-state index < -0.39 is 0 Å². The second kappa shape index (κ2) is 3.76. The van der Waals surface area contributed by atoms with Gasteiger partial charge in [-0.05, 0) is 42.2 Å². The van der Waals surface area contributed by atoms with Crippen molar-refractivity contribution in [2.45, 2.75) is 51.4 Å². The van der Waals surface area contributed by atoms with E-state index in [1.165, 1.54) is 31.2 Å². The first-order chi connectivity index (χ1) is 6.80. The molecule has 0 radical (unpaired) electrons. The van der Waals surface area contributed by atoms with Gasteiger partial charge in [-0.15, -0.1) is 0 Å². The Morgan fingerprint density at radius 2 is 1.71 bits per heavy atom. The zero-order valence-corrected chi connectivity index (χ0v) is 9.34. The highest BCUT2D eigenvalue weighted by Crippen LogP contribution is 2.51. The zero-order chi connectivity index (χ0) is 10.0. The van der Waals surface area contributed by atoms with E-state index in [1.54, 1.807) is 5.56 Å². The molecule has 0 spiro atoms. The Hall–Kier alpha value is -0.780. The molecule has 76 valence electrons. The second-order valence-corrected chi connectivity index (χ2v) is 4.58. The van der Waals surface area contributed by atoms with Crippen LogP contribution in [0.2, 0.25) is 0 Å². The molecule has 0 unspecified atom stereocenters. The van der Waals surface area contributed by atoms with Gasteiger partial charge in [0.2, 0.25) is 0 Å². The summed E-state index contributed by atoms with van der Waals surface area (Å²) in [6.07, 6.45) is 6.66. The Morgan fingerprint density at radius 3 is 2.14 bits per heavy atom. The summed E-state index contributed by atoms with van der Waals surface area (Å²) >= 11 is 0. The van der Waals surface area contributed by atoms with Gasteiger partial charge in [0.25, 0.3) is 0 Å². The first-order valence-corrected chi connectivity index (χ1v) is 5.90. The van der Waals surface area contributed by atoms with Gasteiger partial charge in [-0.25, -0.2) is 0 Å². The predicted molar refractivity (Wildman–Crippen MR) is 61.6 cm³/mol. The lowest BCUT2D eigenvalue weighted by Crippen LogP contribution is -2.05. The van der Waals surface area contributed by atoms with Crippen LogP contribution in [0.15, 0.2) is 24.3 Å². The molecule has 0 amide bonds. The lowest BCUT2D eigenvalue weighted by molar-refractivity contribution is 0.606. The van der Waals surface area contributed by atoms with Crippen molar-refractivity contribution in [2.24, 2.45) is 0 Å². The predicted octanol–water partition coefficient (Wildman–Crippen LogP) is 4.08. The molecule has 1 aromatic rings. The van der Waals surface area contributed by atoms with Crippen LogP contribution in [0.5, 0.6) is 0 Å². The van der Waals surface area contributed by atoms with E-state index in [-0.39, 0.29) is 0 Å². The molecule has 0 atom stereocenters. The van der Waals surface area contributed by atoms with E-state index in [9.17, 15) is 0 Å². The Bertz CT molecular complexity index is 290. The third kappa shape index (κ3) is 1.70. The van der Waals surface area contributed by atoms with Gasteiger partial charge in [0.1, 0.15) is 0 Å². The Balaban J connectivity index is 2.16. The molecule has 0 N–H and O–H groups in total. The molecule has 0 saturated heterocycles. The van der Waals surface area contributed by atoms with Crippen molar-refractivity contribution in [1.29, 1.82) is 0 Å². The molecule has 0 bridgehead atoms. The summed E-state index contributed by atoms with van der Waals surface area (Å²) in [6, 6.07) is 9.29. The molecule has 1 fully saturated rings. The molecular weight excluding hydrogens is 168 g/mol. The van der Waals surface area contributed by atoms with E-state index in [0.29, 0.717) is 5.41 Å². The third-order valence-electron chi connectivity index (χ3n) is 3.56. The average Bonchev–Trinajstić information content (AvgIpc) is 3.00. The molecule has 14 heavy (non-hydrogen) atoms. The molecule has 0 heterocycles. The number of aryl methyl sites for hydroxylation is 1. The summed E-state index contributed by atoms with van der Waals surface area (Å²) in [5.74, 6) is 0. The van der Waals surface area contributed by atoms with Crippen molar-refractivity contribution >= 4 is 0 Å². The maximum Gasteiger partial charge on any atom is -0.00464 e. The van der Waals surface area contributed by atoms with Crippen LogP contribution in [0.3, 0.4) is 0 Å². The summed E-state index contributed by atoms with van der Waals surface area (Å²) < 4.78 is 0. The standard InChI is InChI=1S/C14H20/c1-3-9-14(10-11-14)13-7-5-12(4-2)6-8-13/h5-8H,3-4,9-11H2,1-2H3. The second-order valence-electron chi connectivity index (χ2n) is 4.58. The first-order valence-electron chi connectivity index (χ1n) is 5.90. The van der Waals surface area contributed by atoms with Crippen LogP contribution in [0.1, 0.15) is 50.7 Å².